The number of carbonyl (C=O) groups excluding carboxylic acids is 3. The molecule has 0 unspecified atom stereocenters. The highest BCUT2D eigenvalue weighted by atomic mass is 16.6. The summed E-state index contributed by atoms with van der Waals surface area (Å²) >= 11 is 0. The highest BCUT2D eigenvalue weighted by molar-refractivity contribution is 6.09. The molecule has 0 aliphatic heterocycles. The van der Waals surface area contributed by atoms with Gasteiger partial charge in [-0.2, -0.15) is 0 Å². The lowest BCUT2D eigenvalue weighted by atomic mass is 9.93. The van der Waals surface area contributed by atoms with Gasteiger partial charge in [0.2, 0.25) is 0 Å². The van der Waals surface area contributed by atoms with Gasteiger partial charge in [-0.1, -0.05) is 18.2 Å². The standard InChI is InChI=1S/C23H24N2O7/c1-5-31-22(27)18(23(28)32-6-2)14-11-12-15-19(17(14)21(26)30-4)25-20(24-15)13-9-7-8-10-16(13)29-3/h7-12,18H,5-6H2,1-4H3,(H,24,25). The van der Waals surface area contributed by atoms with Crippen molar-refractivity contribution >= 4 is 28.9 Å². The minimum Gasteiger partial charge on any atom is -0.496 e. The van der Waals surface area contributed by atoms with E-state index >= 15 is 0 Å². The van der Waals surface area contributed by atoms with Gasteiger partial charge in [0.15, 0.2) is 5.92 Å². The molecule has 9 nitrogen and oxygen atoms in total. The SMILES string of the molecule is CCOC(=O)C(C(=O)OCC)c1ccc2[nH]c(-c3ccccc3OC)nc2c1C(=O)OC. The van der Waals surface area contributed by atoms with E-state index in [0.29, 0.717) is 22.7 Å². The van der Waals surface area contributed by atoms with E-state index in [-0.39, 0.29) is 29.9 Å². The van der Waals surface area contributed by atoms with E-state index in [1.807, 2.05) is 18.2 Å². The summed E-state index contributed by atoms with van der Waals surface area (Å²) in [6.07, 6.45) is 0. The zero-order valence-electron chi connectivity index (χ0n) is 18.3. The van der Waals surface area contributed by atoms with Crippen LogP contribution in [-0.2, 0) is 23.8 Å². The van der Waals surface area contributed by atoms with Crippen LogP contribution in [0.3, 0.4) is 0 Å². The van der Waals surface area contributed by atoms with Crippen molar-refractivity contribution in [1.82, 2.24) is 9.97 Å². The predicted octanol–water partition coefficient (Wildman–Crippen LogP) is 3.23. The number of nitrogens with one attached hydrogen (secondary N) is 1. The van der Waals surface area contributed by atoms with Crippen LogP contribution < -0.4 is 4.74 Å². The number of hydrogen-bond acceptors (Lipinski definition) is 8. The van der Waals surface area contributed by atoms with Gasteiger partial charge in [0, 0.05) is 0 Å². The van der Waals surface area contributed by atoms with Crippen molar-refractivity contribution in [2.45, 2.75) is 19.8 Å². The van der Waals surface area contributed by atoms with Crippen molar-refractivity contribution in [1.29, 1.82) is 0 Å². The van der Waals surface area contributed by atoms with Gasteiger partial charge < -0.3 is 23.9 Å². The zero-order valence-corrected chi connectivity index (χ0v) is 18.3. The Morgan fingerprint density at radius 1 is 0.969 bits per heavy atom. The molecular formula is C23H24N2O7. The molecule has 0 bridgehead atoms. The fourth-order valence-electron chi connectivity index (χ4n) is 3.42. The van der Waals surface area contributed by atoms with Crippen LogP contribution in [0, 0.1) is 0 Å². The van der Waals surface area contributed by atoms with Gasteiger partial charge in [-0.15, -0.1) is 0 Å². The van der Waals surface area contributed by atoms with Crippen molar-refractivity contribution in [2.75, 3.05) is 27.4 Å². The first-order valence-electron chi connectivity index (χ1n) is 10.0. The second kappa shape index (κ2) is 9.95. The number of imidazole rings is 1. The van der Waals surface area contributed by atoms with E-state index in [1.54, 1.807) is 33.1 Å². The summed E-state index contributed by atoms with van der Waals surface area (Å²) in [5, 5.41) is 0. The van der Waals surface area contributed by atoms with Crippen LogP contribution >= 0.6 is 0 Å². The number of aromatic nitrogens is 2. The molecule has 0 aliphatic carbocycles. The molecule has 3 aromatic rings. The van der Waals surface area contributed by atoms with Crippen molar-refractivity contribution in [3.8, 4) is 17.1 Å². The third-order valence-corrected chi connectivity index (χ3v) is 4.79. The maximum absolute atomic E-state index is 12.8. The van der Waals surface area contributed by atoms with Crippen LogP contribution in [-0.4, -0.2) is 55.3 Å². The molecule has 3 rings (SSSR count). The van der Waals surface area contributed by atoms with Crippen molar-refractivity contribution in [3.05, 3.63) is 47.5 Å². The second-order valence-corrected chi connectivity index (χ2v) is 6.64. The molecular weight excluding hydrogens is 416 g/mol. The molecule has 0 amide bonds. The van der Waals surface area contributed by atoms with Gasteiger partial charge in [-0.05, 0) is 37.6 Å². The highest BCUT2D eigenvalue weighted by Gasteiger charge is 2.36. The summed E-state index contributed by atoms with van der Waals surface area (Å²) in [5.41, 5.74) is 1.51. The molecule has 1 aromatic heterocycles. The number of H-pyrrole nitrogens is 1. The Bertz CT molecular complexity index is 1130. The minimum atomic E-state index is -1.46. The average molecular weight is 440 g/mol. The third-order valence-electron chi connectivity index (χ3n) is 4.79. The number of benzene rings is 2. The number of para-hydroxylation sites is 1. The molecule has 0 aliphatic rings. The number of hydrogen-bond donors (Lipinski definition) is 1. The average Bonchev–Trinajstić information content (AvgIpc) is 3.23. The third kappa shape index (κ3) is 4.27. The van der Waals surface area contributed by atoms with Crippen molar-refractivity contribution < 1.29 is 33.3 Å². The molecule has 168 valence electrons. The molecule has 1 N–H and O–H groups in total. The summed E-state index contributed by atoms with van der Waals surface area (Å²) in [7, 11) is 2.76. The quantitative estimate of drug-likeness (QED) is 0.322. The molecule has 1 heterocycles. The fourth-order valence-corrected chi connectivity index (χ4v) is 3.42. The van der Waals surface area contributed by atoms with E-state index in [4.69, 9.17) is 18.9 Å². The smallest absolute Gasteiger partial charge is 0.340 e. The zero-order chi connectivity index (χ0) is 23.3. The molecule has 0 saturated carbocycles. The monoisotopic (exact) mass is 440 g/mol. The van der Waals surface area contributed by atoms with Crippen molar-refractivity contribution in [2.24, 2.45) is 0 Å². The first kappa shape index (κ1) is 22.8. The number of aromatic amines is 1. The molecule has 0 atom stereocenters. The molecule has 2 aromatic carbocycles. The minimum absolute atomic E-state index is 0.0199. The number of carbonyl (C=O) groups is 3. The number of fused-ring (bicyclic) bond motifs is 1. The first-order chi connectivity index (χ1) is 15.5. The maximum atomic E-state index is 12.8. The molecule has 32 heavy (non-hydrogen) atoms. The first-order valence-corrected chi connectivity index (χ1v) is 10.0. The Morgan fingerprint density at radius 2 is 1.62 bits per heavy atom. The largest absolute Gasteiger partial charge is 0.496 e. The maximum Gasteiger partial charge on any atom is 0.340 e. The van der Waals surface area contributed by atoms with E-state index in [1.165, 1.54) is 13.2 Å². The Hall–Kier alpha value is -3.88. The van der Waals surface area contributed by atoms with E-state index in [2.05, 4.69) is 9.97 Å². The van der Waals surface area contributed by atoms with E-state index in [0.717, 1.165) is 0 Å². The fraction of sp³-hybridized carbons (Fsp3) is 0.304. The van der Waals surface area contributed by atoms with E-state index in [9.17, 15) is 14.4 Å². The number of ether oxygens (including phenoxy) is 4. The lowest BCUT2D eigenvalue weighted by Gasteiger charge is -2.17. The Balaban J connectivity index is 2.25. The van der Waals surface area contributed by atoms with Crippen LogP contribution in [0.15, 0.2) is 36.4 Å². The van der Waals surface area contributed by atoms with Crippen LogP contribution in [0.1, 0.15) is 35.7 Å². The Kier molecular flexibility index (Phi) is 7.09. The highest BCUT2D eigenvalue weighted by Crippen LogP contribution is 2.33. The van der Waals surface area contributed by atoms with Crippen LogP contribution in [0.25, 0.3) is 22.4 Å². The molecule has 0 radical (unpaired) electrons. The summed E-state index contributed by atoms with van der Waals surface area (Å²) in [5.74, 6) is -2.82. The number of methoxy groups -OCH3 is 2. The van der Waals surface area contributed by atoms with Gasteiger partial charge in [0.25, 0.3) is 0 Å². The van der Waals surface area contributed by atoms with Gasteiger partial charge in [-0.3, -0.25) is 9.59 Å². The Labute approximate surface area is 184 Å². The topological polar surface area (TPSA) is 117 Å². The number of nitrogens with zero attached hydrogens (tertiary/aromatic N) is 1. The summed E-state index contributed by atoms with van der Waals surface area (Å²) < 4.78 is 20.5. The summed E-state index contributed by atoms with van der Waals surface area (Å²) in [4.78, 5) is 45.8. The Morgan fingerprint density at radius 3 is 2.22 bits per heavy atom. The second-order valence-electron chi connectivity index (χ2n) is 6.64. The van der Waals surface area contributed by atoms with Crippen LogP contribution in [0.5, 0.6) is 5.75 Å². The molecule has 0 fully saturated rings. The molecule has 0 spiro atoms. The van der Waals surface area contributed by atoms with Gasteiger partial charge in [0.1, 0.15) is 17.1 Å². The van der Waals surface area contributed by atoms with Crippen LogP contribution in [0.4, 0.5) is 0 Å². The normalized spacial score (nSPS) is 10.8. The van der Waals surface area contributed by atoms with Crippen LogP contribution in [0.2, 0.25) is 0 Å². The molecule has 0 saturated heterocycles. The predicted molar refractivity (Wildman–Crippen MR) is 115 cm³/mol. The number of esters is 3. The summed E-state index contributed by atoms with van der Waals surface area (Å²) in [6.45, 7) is 3.37. The molecule has 9 heteroatoms. The van der Waals surface area contributed by atoms with E-state index < -0.39 is 23.8 Å². The van der Waals surface area contributed by atoms with Gasteiger partial charge in [-0.25, -0.2) is 9.78 Å². The lowest BCUT2D eigenvalue weighted by Crippen LogP contribution is -2.28. The lowest BCUT2D eigenvalue weighted by molar-refractivity contribution is -0.156. The van der Waals surface area contributed by atoms with Gasteiger partial charge >= 0.3 is 17.9 Å². The summed E-state index contributed by atoms with van der Waals surface area (Å²) in [6, 6.07) is 10.4. The van der Waals surface area contributed by atoms with Gasteiger partial charge in [0.05, 0.1) is 44.1 Å². The number of rotatable bonds is 8. The van der Waals surface area contributed by atoms with Crippen molar-refractivity contribution in [3.63, 3.8) is 0 Å².